The lowest BCUT2D eigenvalue weighted by atomic mass is 9.85. The summed E-state index contributed by atoms with van der Waals surface area (Å²) in [6.45, 7) is 0. The summed E-state index contributed by atoms with van der Waals surface area (Å²) in [7, 11) is 0. The van der Waals surface area contributed by atoms with Crippen LogP contribution in [0.15, 0.2) is 158 Å². The zero-order valence-corrected chi connectivity index (χ0v) is 22.9. The minimum absolute atomic E-state index is 0.926. The van der Waals surface area contributed by atoms with E-state index in [2.05, 4.69) is 132 Å². The molecule has 0 spiro atoms. The van der Waals surface area contributed by atoms with Crippen molar-refractivity contribution >= 4 is 32.3 Å². The predicted molar refractivity (Wildman–Crippen MR) is 176 cm³/mol. The first-order chi connectivity index (χ1) is 20.8. The largest absolute Gasteiger partial charge is 0.264 e. The van der Waals surface area contributed by atoms with Gasteiger partial charge < -0.3 is 0 Å². The van der Waals surface area contributed by atoms with Crippen molar-refractivity contribution in [3.05, 3.63) is 158 Å². The van der Waals surface area contributed by atoms with Crippen LogP contribution in [-0.2, 0) is 0 Å². The lowest BCUT2D eigenvalue weighted by Gasteiger charge is -2.18. The molecule has 0 N–H and O–H groups in total. The van der Waals surface area contributed by atoms with E-state index >= 15 is 0 Å². The van der Waals surface area contributed by atoms with E-state index in [9.17, 15) is 0 Å². The molecule has 2 nitrogen and oxygen atoms in total. The van der Waals surface area contributed by atoms with E-state index in [1.807, 2.05) is 24.5 Å². The van der Waals surface area contributed by atoms with Gasteiger partial charge in [0.1, 0.15) is 0 Å². The smallest absolute Gasteiger partial charge is 0.0717 e. The molecule has 8 aromatic rings. The lowest BCUT2D eigenvalue weighted by molar-refractivity contribution is 1.28. The first kappa shape index (κ1) is 24.2. The van der Waals surface area contributed by atoms with Crippen LogP contribution in [0.4, 0.5) is 0 Å². The second-order valence-electron chi connectivity index (χ2n) is 10.7. The SMILES string of the molecule is c1ccc(-c2c3ccccc3c(-c3ccc4cc(-c5ccc(-c6cccnc6)nc5)ccc4c3)c3ccccc23)cc1. The second kappa shape index (κ2) is 10.1. The number of rotatable bonds is 4. The van der Waals surface area contributed by atoms with Crippen molar-refractivity contribution in [3.8, 4) is 44.6 Å². The van der Waals surface area contributed by atoms with Crippen molar-refractivity contribution in [2.75, 3.05) is 0 Å². The Morgan fingerprint density at radius 1 is 0.357 bits per heavy atom. The van der Waals surface area contributed by atoms with Gasteiger partial charge in [0.15, 0.2) is 0 Å². The predicted octanol–water partition coefficient (Wildman–Crippen LogP) is 10.6. The molecular weight excluding hydrogens is 508 g/mol. The highest BCUT2D eigenvalue weighted by Crippen LogP contribution is 2.44. The minimum atomic E-state index is 0.926. The van der Waals surface area contributed by atoms with Gasteiger partial charge in [0.25, 0.3) is 0 Å². The Labute approximate surface area is 244 Å². The molecule has 0 atom stereocenters. The van der Waals surface area contributed by atoms with Crippen LogP contribution in [0.25, 0.3) is 77.0 Å². The van der Waals surface area contributed by atoms with E-state index in [0.29, 0.717) is 0 Å². The molecular formula is C40H26N2. The maximum atomic E-state index is 4.71. The van der Waals surface area contributed by atoms with E-state index in [1.165, 1.54) is 54.6 Å². The third-order valence-electron chi connectivity index (χ3n) is 8.18. The number of pyridine rings is 2. The molecule has 2 heterocycles. The van der Waals surface area contributed by atoms with Gasteiger partial charge in [-0.05, 0) is 90.5 Å². The summed E-state index contributed by atoms with van der Waals surface area (Å²) in [5.41, 5.74) is 9.24. The summed E-state index contributed by atoms with van der Waals surface area (Å²) in [6.07, 6.45) is 5.57. The topological polar surface area (TPSA) is 25.8 Å². The van der Waals surface area contributed by atoms with Crippen LogP contribution in [0.1, 0.15) is 0 Å². The fourth-order valence-corrected chi connectivity index (χ4v) is 6.19. The number of hydrogen-bond donors (Lipinski definition) is 0. The van der Waals surface area contributed by atoms with Crippen LogP contribution < -0.4 is 0 Å². The Morgan fingerprint density at radius 3 is 1.50 bits per heavy atom. The Hall–Kier alpha value is -5.60. The van der Waals surface area contributed by atoms with Crippen LogP contribution in [0.5, 0.6) is 0 Å². The zero-order chi connectivity index (χ0) is 27.9. The van der Waals surface area contributed by atoms with Crippen molar-refractivity contribution in [1.82, 2.24) is 9.97 Å². The van der Waals surface area contributed by atoms with Crippen molar-refractivity contribution in [3.63, 3.8) is 0 Å². The third-order valence-corrected chi connectivity index (χ3v) is 8.18. The van der Waals surface area contributed by atoms with Gasteiger partial charge in [-0.1, -0.05) is 109 Å². The van der Waals surface area contributed by atoms with Gasteiger partial charge in [0, 0.05) is 29.7 Å². The van der Waals surface area contributed by atoms with E-state index in [0.717, 1.165) is 22.4 Å². The average molecular weight is 535 g/mol. The Morgan fingerprint density at radius 2 is 0.905 bits per heavy atom. The highest BCUT2D eigenvalue weighted by Gasteiger charge is 2.16. The van der Waals surface area contributed by atoms with E-state index in [4.69, 9.17) is 4.98 Å². The molecule has 196 valence electrons. The molecule has 0 amide bonds. The number of nitrogens with zero attached hydrogens (tertiary/aromatic N) is 2. The monoisotopic (exact) mass is 534 g/mol. The summed E-state index contributed by atoms with van der Waals surface area (Å²) in [5.74, 6) is 0. The first-order valence-electron chi connectivity index (χ1n) is 14.2. The normalized spacial score (nSPS) is 11.3. The maximum absolute atomic E-state index is 4.71. The standard InChI is InChI=1S/C40H26N2/c1-2-9-27(10-3-1)39-34-12-4-6-14-36(34)40(37-15-7-5-13-35(37)39)31-19-18-28-23-30(17-16-29(28)24-31)32-20-21-38(42-26-32)33-11-8-22-41-25-33/h1-26H. The van der Waals surface area contributed by atoms with Crippen LogP contribution in [0, 0.1) is 0 Å². The maximum Gasteiger partial charge on any atom is 0.0717 e. The first-order valence-corrected chi connectivity index (χ1v) is 14.2. The molecule has 6 aromatic carbocycles. The van der Waals surface area contributed by atoms with E-state index < -0.39 is 0 Å². The highest BCUT2D eigenvalue weighted by molar-refractivity contribution is 6.21. The molecule has 0 fully saturated rings. The molecule has 42 heavy (non-hydrogen) atoms. The second-order valence-corrected chi connectivity index (χ2v) is 10.7. The van der Waals surface area contributed by atoms with Crippen LogP contribution in [-0.4, -0.2) is 9.97 Å². The van der Waals surface area contributed by atoms with E-state index in [-0.39, 0.29) is 0 Å². The minimum Gasteiger partial charge on any atom is -0.264 e. The van der Waals surface area contributed by atoms with Gasteiger partial charge in [-0.3, -0.25) is 9.97 Å². The summed E-state index contributed by atoms with van der Waals surface area (Å²) < 4.78 is 0. The number of fused-ring (bicyclic) bond motifs is 3. The molecule has 0 bridgehead atoms. The number of aromatic nitrogens is 2. The number of benzene rings is 6. The summed E-state index contributed by atoms with van der Waals surface area (Å²) in [5, 5.41) is 7.51. The fraction of sp³-hybridized carbons (Fsp3) is 0. The fourth-order valence-electron chi connectivity index (χ4n) is 6.19. The molecule has 0 aliphatic carbocycles. The lowest BCUT2D eigenvalue weighted by Crippen LogP contribution is -1.91. The molecule has 0 radical (unpaired) electrons. The Kier molecular flexibility index (Phi) is 5.82. The average Bonchev–Trinajstić information content (AvgIpc) is 3.07. The molecule has 2 aromatic heterocycles. The van der Waals surface area contributed by atoms with Gasteiger partial charge in [-0.25, -0.2) is 0 Å². The molecule has 2 heteroatoms. The van der Waals surface area contributed by atoms with Gasteiger partial charge in [0.05, 0.1) is 5.69 Å². The van der Waals surface area contributed by atoms with Gasteiger partial charge in [-0.2, -0.15) is 0 Å². The van der Waals surface area contributed by atoms with Crippen LogP contribution in [0.2, 0.25) is 0 Å². The van der Waals surface area contributed by atoms with Crippen LogP contribution in [0.3, 0.4) is 0 Å². The summed E-state index contributed by atoms with van der Waals surface area (Å²) >= 11 is 0. The zero-order valence-electron chi connectivity index (χ0n) is 22.9. The summed E-state index contributed by atoms with van der Waals surface area (Å²) in [6, 6.07) is 50.1. The van der Waals surface area contributed by atoms with Gasteiger partial charge >= 0.3 is 0 Å². The molecule has 0 aliphatic rings. The van der Waals surface area contributed by atoms with Crippen molar-refractivity contribution in [2.45, 2.75) is 0 Å². The van der Waals surface area contributed by atoms with E-state index in [1.54, 1.807) is 6.20 Å². The quantitative estimate of drug-likeness (QED) is 0.210. The van der Waals surface area contributed by atoms with Crippen molar-refractivity contribution < 1.29 is 0 Å². The Balaban J connectivity index is 1.25. The highest BCUT2D eigenvalue weighted by atomic mass is 14.7. The van der Waals surface area contributed by atoms with Crippen molar-refractivity contribution in [1.29, 1.82) is 0 Å². The molecule has 0 unspecified atom stereocenters. The molecule has 0 saturated heterocycles. The summed E-state index contributed by atoms with van der Waals surface area (Å²) in [4.78, 5) is 8.92. The molecule has 0 aliphatic heterocycles. The van der Waals surface area contributed by atoms with Crippen LogP contribution >= 0.6 is 0 Å². The molecule has 0 saturated carbocycles. The van der Waals surface area contributed by atoms with Gasteiger partial charge in [0.2, 0.25) is 0 Å². The van der Waals surface area contributed by atoms with Crippen molar-refractivity contribution in [2.24, 2.45) is 0 Å². The third kappa shape index (κ3) is 4.13. The van der Waals surface area contributed by atoms with Gasteiger partial charge in [-0.15, -0.1) is 0 Å². The number of hydrogen-bond acceptors (Lipinski definition) is 2. The Bertz CT molecular complexity index is 2160. The molecule has 8 rings (SSSR count).